The molecule has 0 aromatic rings. The second-order valence-corrected chi connectivity index (χ2v) is 4.03. The minimum atomic E-state index is -0.679. The van der Waals surface area contributed by atoms with Crippen LogP contribution >= 0.6 is 0 Å². The van der Waals surface area contributed by atoms with Crippen LogP contribution in [0.1, 0.15) is 51.9 Å². The van der Waals surface area contributed by atoms with Gasteiger partial charge in [0.05, 0.1) is 0 Å². The lowest BCUT2D eigenvalue weighted by molar-refractivity contribution is -0.137. The van der Waals surface area contributed by atoms with Crippen molar-refractivity contribution in [3.8, 4) is 0 Å². The number of hydrogen-bond acceptors (Lipinski definition) is 2. The van der Waals surface area contributed by atoms with E-state index >= 15 is 0 Å². The third-order valence-electron chi connectivity index (χ3n) is 2.50. The van der Waals surface area contributed by atoms with Gasteiger partial charge in [-0.25, -0.2) is 0 Å². The molecule has 0 fully saturated rings. The topological polar surface area (TPSA) is 63.3 Å². The van der Waals surface area contributed by atoms with Crippen molar-refractivity contribution in [2.45, 2.75) is 51.9 Å². The molecule has 0 saturated carbocycles. The Bertz CT molecular complexity index is 148. The van der Waals surface area contributed by atoms with Crippen LogP contribution in [0, 0.1) is 5.92 Å². The zero-order chi connectivity index (χ0) is 10.8. The Kier molecular flexibility index (Phi) is 8.64. The first-order chi connectivity index (χ1) is 6.66. The van der Waals surface area contributed by atoms with Gasteiger partial charge in [0.2, 0.25) is 0 Å². The summed E-state index contributed by atoms with van der Waals surface area (Å²) in [6, 6.07) is 0. The van der Waals surface area contributed by atoms with Gasteiger partial charge < -0.3 is 10.8 Å². The molecule has 1 unspecified atom stereocenters. The molecule has 1 atom stereocenters. The van der Waals surface area contributed by atoms with E-state index in [1.54, 1.807) is 0 Å². The molecular formula is C11H23NO2. The Labute approximate surface area is 86.7 Å². The lowest BCUT2D eigenvalue weighted by atomic mass is 9.99. The van der Waals surface area contributed by atoms with Gasteiger partial charge in [0, 0.05) is 6.42 Å². The van der Waals surface area contributed by atoms with Crippen molar-refractivity contribution in [2.75, 3.05) is 6.54 Å². The van der Waals surface area contributed by atoms with Gasteiger partial charge in [-0.2, -0.15) is 0 Å². The number of carboxylic acids is 1. The van der Waals surface area contributed by atoms with Gasteiger partial charge in [-0.05, 0) is 25.3 Å². The van der Waals surface area contributed by atoms with Crippen LogP contribution in [0.5, 0.6) is 0 Å². The van der Waals surface area contributed by atoms with E-state index in [2.05, 4.69) is 6.92 Å². The summed E-state index contributed by atoms with van der Waals surface area (Å²) in [7, 11) is 0. The summed E-state index contributed by atoms with van der Waals surface area (Å²) < 4.78 is 0. The number of aliphatic carboxylic acids is 1. The molecule has 0 rings (SSSR count). The predicted molar refractivity (Wildman–Crippen MR) is 58.2 cm³/mol. The van der Waals surface area contributed by atoms with E-state index in [1.807, 2.05) is 0 Å². The molecular weight excluding hydrogens is 178 g/mol. The molecule has 0 bridgehead atoms. The predicted octanol–water partition coefficient (Wildman–Crippen LogP) is 2.40. The Morgan fingerprint density at radius 3 is 2.43 bits per heavy atom. The number of rotatable bonds is 9. The summed E-state index contributed by atoms with van der Waals surface area (Å²) in [4.78, 5) is 10.2. The third-order valence-corrected chi connectivity index (χ3v) is 2.50. The Hall–Kier alpha value is -0.570. The molecule has 3 heteroatoms. The number of carboxylic acid groups (broad SMARTS) is 1. The van der Waals surface area contributed by atoms with Crippen molar-refractivity contribution in [2.24, 2.45) is 11.7 Å². The Morgan fingerprint density at radius 1 is 1.21 bits per heavy atom. The van der Waals surface area contributed by atoms with Crippen LogP contribution < -0.4 is 5.73 Å². The van der Waals surface area contributed by atoms with Gasteiger partial charge >= 0.3 is 5.97 Å². The first-order valence-corrected chi connectivity index (χ1v) is 5.58. The van der Waals surface area contributed by atoms with Crippen LogP contribution in [0.25, 0.3) is 0 Å². The largest absolute Gasteiger partial charge is 0.481 e. The molecule has 0 amide bonds. The summed E-state index contributed by atoms with van der Waals surface area (Å²) in [6.07, 6.45) is 6.88. The van der Waals surface area contributed by atoms with E-state index in [1.165, 1.54) is 12.8 Å². The summed E-state index contributed by atoms with van der Waals surface area (Å²) in [6.45, 7) is 3.00. The van der Waals surface area contributed by atoms with E-state index in [4.69, 9.17) is 10.8 Å². The number of hydrogen-bond donors (Lipinski definition) is 2. The average molecular weight is 201 g/mol. The van der Waals surface area contributed by atoms with Crippen molar-refractivity contribution in [1.29, 1.82) is 0 Å². The quantitative estimate of drug-likeness (QED) is 0.563. The number of carbonyl (C=O) groups is 1. The van der Waals surface area contributed by atoms with Gasteiger partial charge in [-0.1, -0.05) is 32.6 Å². The second-order valence-electron chi connectivity index (χ2n) is 4.03. The average Bonchev–Trinajstić information content (AvgIpc) is 2.11. The van der Waals surface area contributed by atoms with Crippen molar-refractivity contribution >= 4 is 5.97 Å². The summed E-state index contributed by atoms with van der Waals surface area (Å²) in [5.74, 6) is 0.0426. The number of nitrogens with two attached hydrogens (primary N) is 1. The zero-order valence-electron chi connectivity index (χ0n) is 9.17. The molecule has 0 aliphatic rings. The number of unbranched alkanes of at least 4 members (excludes halogenated alkanes) is 3. The zero-order valence-corrected chi connectivity index (χ0v) is 9.17. The maximum absolute atomic E-state index is 10.2. The maximum atomic E-state index is 10.2. The molecule has 3 nitrogen and oxygen atoms in total. The molecule has 3 N–H and O–H groups in total. The van der Waals surface area contributed by atoms with Gasteiger partial charge in [0.25, 0.3) is 0 Å². The fourth-order valence-corrected chi connectivity index (χ4v) is 1.55. The highest BCUT2D eigenvalue weighted by atomic mass is 16.4. The van der Waals surface area contributed by atoms with Crippen LogP contribution in [0.3, 0.4) is 0 Å². The van der Waals surface area contributed by atoms with E-state index in [-0.39, 0.29) is 0 Å². The molecule has 0 aromatic heterocycles. The van der Waals surface area contributed by atoms with Crippen LogP contribution in [-0.2, 0) is 4.79 Å². The Morgan fingerprint density at radius 2 is 1.86 bits per heavy atom. The van der Waals surface area contributed by atoms with Crippen LogP contribution in [-0.4, -0.2) is 17.6 Å². The highest BCUT2D eigenvalue weighted by molar-refractivity contribution is 5.66. The van der Waals surface area contributed by atoms with Gasteiger partial charge in [-0.3, -0.25) is 4.79 Å². The normalized spacial score (nSPS) is 12.7. The van der Waals surface area contributed by atoms with Crippen LogP contribution in [0.4, 0.5) is 0 Å². The maximum Gasteiger partial charge on any atom is 0.303 e. The highest BCUT2D eigenvalue weighted by Crippen LogP contribution is 2.13. The van der Waals surface area contributed by atoms with E-state index in [0.29, 0.717) is 6.42 Å². The minimum absolute atomic E-state index is 0.318. The summed E-state index contributed by atoms with van der Waals surface area (Å²) in [5, 5.41) is 8.41. The summed E-state index contributed by atoms with van der Waals surface area (Å²) >= 11 is 0. The molecule has 0 aliphatic heterocycles. The fraction of sp³-hybridized carbons (Fsp3) is 0.909. The van der Waals surface area contributed by atoms with E-state index in [0.717, 1.165) is 38.1 Å². The van der Waals surface area contributed by atoms with E-state index in [9.17, 15) is 4.79 Å². The van der Waals surface area contributed by atoms with Crippen molar-refractivity contribution < 1.29 is 9.90 Å². The molecule has 0 heterocycles. The van der Waals surface area contributed by atoms with Gasteiger partial charge in [0.1, 0.15) is 0 Å². The fourth-order valence-electron chi connectivity index (χ4n) is 1.55. The molecule has 0 saturated heterocycles. The lowest BCUT2D eigenvalue weighted by Gasteiger charge is -2.08. The monoisotopic (exact) mass is 201 g/mol. The smallest absolute Gasteiger partial charge is 0.303 e. The lowest BCUT2D eigenvalue weighted by Crippen LogP contribution is -2.05. The minimum Gasteiger partial charge on any atom is -0.481 e. The molecule has 14 heavy (non-hydrogen) atoms. The van der Waals surface area contributed by atoms with Gasteiger partial charge in [-0.15, -0.1) is 0 Å². The van der Waals surface area contributed by atoms with E-state index < -0.39 is 5.97 Å². The summed E-state index contributed by atoms with van der Waals surface area (Å²) in [5.41, 5.74) is 5.45. The second kappa shape index (κ2) is 9.00. The first-order valence-electron chi connectivity index (χ1n) is 5.58. The molecule has 0 spiro atoms. The standard InChI is InChI=1S/C11H23NO2/c1-10(8-9-12)6-4-2-3-5-7-11(13)14/h10H,2-9,12H2,1H3,(H,13,14). The van der Waals surface area contributed by atoms with Crippen molar-refractivity contribution in [1.82, 2.24) is 0 Å². The molecule has 84 valence electrons. The molecule has 0 aromatic carbocycles. The third kappa shape index (κ3) is 9.52. The first kappa shape index (κ1) is 13.4. The van der Waals surface area contributed by atoms with Gasteiger partial charge in [0.15, 0.2) is 0 Å². The van der Waals surface area contributed by atoms with Crippen molar-refractivity contribution in [3.63, 3.8) is 0 Å². The van der Waals surface area contributed by atoms with Crippen molar-refractivity contribution in [3.05, 3.63) is 0 Å². The highest BCUT2D eigenvalue weighted by Gasteiger charge is 2.00. The van der Waals surface area contributed by atoms with Crippen LogP contribution in [0.15, 0.2) is 0 Å². The molecule has 0 aliphatic carbocycles. The SMILES string of the molecule is CC(CCN)CCCCCCC(=O)O. The van der Waals surface area contributed by atoms with Crippen LogP contribution in [0.2, 0.25) is 0 Å². The molecule has 0 radical (unpaired) electrons. The Balaban J connectivity index is 3.09.